The van der Waals surface area contributed by atoms with Crippen molar-refractivity contribution in [3.8, 4) is 0 Å². The molecule has 3 heteroatoms. The summed E-state index contributed by atoms with van der Waals surface area (Å²) in [6, 6.07) is 0. The van der Waals surface area contributed by atoms with Gasteiger partial charge in [-0.25, -0.2) is 0 Å². The number of hydrogen-bond acceptors (Lipinski definition) is 3. The molecule has 1 saturated heterocycles. The number of hydrogen-bond donors (Lipinski definition) is 3. The van der Waals surface area contributed by atoms with Gasteiger partial charge in [-0.3, -0.25) is 0 Å². The molecule has 1 rings (SSSR count). The van der Waals surface area contributed by atoms with Gasteiger partial charge in [0.05, 0.1) is 5.60 Å². The van der Waals surface area contributed by atoms with Gasteiger partial charge in [0, 0.05) is 6.54 Å². The van der Waals surface area contributed by atoms with E-state index >= 15 is 0 Å². The number of rotatable bonds is 9. The third-order valence-electron chi connectivity index (χ3n) is 3.70. The van der Waals surface area contributed by atoms with E-state index in [1.54, 1.807) is 0 Å². The first-order valence-corrected chi connectivity index (χ1v) is 7.41. The van der Waals surface area contributed by atoms with Crippen LogP contribution < -0.4 is 10.6 Å². The summed E-state index contributed by atoms with van der Waals surface area (Å²) in [5.41, 5.74) is -0.451. The van der Waals surface area contributed by atoms with Crippen LogP contribution >= 0.6 is 0 Å². The second-order valence-electron chi connectivity index (χ2n) is 5.42. The van der Waals surface area contributed by atoms with Crippen molar-refractivity contribution in [3.63, 3.8) is 0 Å². The minimum Gasteiger partial charge on any atom is -0.388 e. The smallest absolute Gasteiger partial charge is 0.0795 e. The summed E-state index contributed by atoms with van der Waals surface area (Å²) in [6.07, 6.45) is 9.79. The Bertz CT molecular complexity index is 179. The number of unbranched alkanes of at least 4 members (excludes halogenated alkanes) is 5. The fraction of sp³-hybridized carbons (Fsp3) is 1.00. The number of nitrogens with one attached hydrogen (secondary N) is 2. The van der Waals surface area contributed by atoms with E-state index in [1.165, 1.54) is 38.5 Å². The van der Waals surface area contributed by atoms with E-state index in [-0.39, 0.29) is 0 Å². The first-order chi connectivity index (χ1) is 8.27. The molecular formula is C14H30N2O. The SMILES string of the molecule is CCCCCCCCNCC1(O)CCNCC1. The van der Waals surface area contributed by atoms with Crippen molar-refractivity contribution in [1.82, 2.24) is 10.6 Å². The zero-order valence-electron chi connectivity index (χ0n) is 11.4. The highest BCUT2D eigenvalue weighted by Gasteiger charge is 2.28. The van der Waals surface area contributed by atoms with Gasteiger partial charge >= 0.3 is 0 Å². The Balaban J connectivity index is 1.89. The van der Waals surface area contributed by atoms with E-state index in [0.717, 1.165) is 39.0 Å². The molecule has 102 valence electrons. The molecule has 0 aromatic carbocycles. The largest absolute Gasteiger partial charge is 0.388 e. The predicted octanol–water partition coefficient (Wildman–Crippen LogP) is 2.05. The Morgan fingerprint density at radius 2 is 1.71 bits per heavy atom. The van der Waals surface area contributed by atoms with Crippen LogP contribution in [0.2, 0.25) is 0 Å². The average molecular weight is 242 g/mol. The van der Waals surface area contributed by atoms with Crippen LogP contribution in [0.25, 0.3) is 0 Å². The Hall–Kier alpha value is -0.120. The van der Waals surface area contributed by atoms with Crippen LogP contribution in [-0.4, -0.2) is 36.9 Å². The van der Waals surface area contributed by atoms with E-state index in [9.17, 15) is 5.11 Å². The second kappa shape index (κ2) is 8.90. The number of aliphatic hydroxyl groups is 1. The maximum Gasteiger partial charge on any atom is 0.0795 e. The van der Waals surface area contributed by atoms with E-state index < -0.39 is 5.60 Å². The summed E-state index contributed by atoms with van der Waals surface area (Å²) in [4.78, 5) is 0. The van der Waals surface area contributed by atoms with Gasteiger partial charge in [-0.15, -0.1) is 0 Å². The molecule has 1 fully saturated rings. The fourth-order valence-corrected chi connectivity index (χ4v) is 2.42. The van der Waals surface area contributed by atoms with Crippen molar-refractivity contribution < 1.29 is 5.11 Å². The van der Waals surface area contributed by atoms with Gasteiger partial charge in [0.25, 0.3) is 0 Å². The molecule has 0 bridgehead atoms. The third-order valence-corrected chi connectivity index (χ3v) is 3.70. The average Bonchev–Trinajstić information content (AvgIpc) is 2.33. The first kappa shape index (κ1) is 14.9. The summed E-state index contributed by atoms with van der Waals surface area (Å²) >= 11 is 0. The maximum absolute atomic E-state index is 10.2. The molecule has 0 aromatic rings. The van der Waals surface area contributed by atoms with Crippen molar-refractivity contribution in [3.05, 3.63) is 0 Å². The fourth-order valence-electron chi connectivity index (χ4n) is 2.42. The van der Waals surface area contributed by atoms with Crippen LogP contribution in [0.4, 0.5) is 0 Å². The molecular weight excluding hydrogens is 212 g/mol. The molecule has 0 saturated carbocycles. The molecule has 0 amide bonds. The zero-order chi connectivity index (χ0) is 12.4. The Morgan fingerprint density at radius 3 is 2.41 bits per heavy atom. The molecule has 1 aliphatic rings. The topological polar surface area (TPSA) is 44.3 Å². The number of piperidine rings is 1. The van der Waals surface area contributed by atoms with Crippen molar-refractivity contribution in [2.75, 3.05) is 26.2 Å². The first-order valence-electron chi connectivity index (χ1n) is 7.41. The van der Waals surface area contributed by atoms with E-state index in [4.69, 9.17) is 0 Å². The highest BCUT2D eigenvalue weighted by Crippen LogP contribution is 2.16. The van der Waals surface area contributed by atoms with Crippen LogP contribution in [0.1, 0.15) is 58.3 Å². The minimum absolute atomic E-state index is 0.451. The summed E-state index contributed by atoms with van der Waals surface area (Å²) in [5.74, 6) is 0. The van der Waals surface area contributed by atoms with Crippen LogP contribution in [0, 0.1) is 0 Å². The van der Waals surface area contributed by atoms with E-state index in [2.05, 4.69) is 17.6 Å². The minimum atomic E-state index is -0.451. The molecule has 0 aliphatic carbocycles. The monoisotopic (exact) mass is 242 g/mol. The summed E-state index contributed by atoms with van der Waals surface area (Å²) < 4.78 is 0. The lowest BCUT2D eigenvalue weighted by Crippen LogP contribution is -2.48. The lowest BCUT2D eigenvalue weighted by Gasteiger charge is -2.32. The molecule has 1 aliphatic heterocycles. The highest BCUT2D eigenvalue weighted by atomic mass is 16.3. The normalized spacial score (nSPS) is 19.4. The molecule has 0 unspecified atom stereocenters. The molecule has 1 heterocycles. The molecule has 0 radical (unpaired) electrons. The van der Waals surface area contributed by atoms with Gasteiger partial charge in [0.1, 0.15) is 0 Å². The zero-order valence-corrected chi connectivity index (χ0v) is 11.4. The summed E-state index contributed by atoms with van der Waals surface area (Å²) in [7, 11) is 0. The van der Waals surface area contributed by atoms with Crippen LogP contribution in [0.3, 0.4) is 0 Å². The van der Waals surface area contributed by atoms with Gasteiger partial charge in [-0.05, 0) is 38.9 Å². The summed E-state index contributed by atoms with van der Waals surface area (Å²) in [6.45, 7) is 5.98. The molecule has 17 heavy (non-hydrogen) atoms. The third kappa shape index (κ3) is 7.02. The lowest BCUT2D eigenvalue weighted by molar-refractivity contribution is 0.0113. The van der Waals surface area contributed by atoms with Gasteiger partial charge < -0.3 is 15.7 Å². The standard InChI is InChI=1S/C14H30N2O/c1-2-3-4-5-6-7-10-16-13-14(17)8-11-15-12-9-14/h15-17H,2-13H2,1H3. The Labute approximate surface area is 106 Å². The molecule has 3 N–H and O–H groups in total. The van der Waals surface area contributed by atoms with Crippen LogP contribution in [0.15, 0.2) is 0 Å². The molecule has 0 spiro atoms. The molecule has 0 atom stereocenters. The highest BCUT2D eigenvalue weighted by molar-refractivity contribution is 4.86. The maximum atomic E-state index is 10.2. The van der Waals surface area contributed by atoms with Crippen molar-refractivity contribution >= 4 is 0 Å². The quantitative estimate of drug-likeness (QED) is 0.542. The van der Waals surface area contributed by atoms with Crippen LogP contribution in [-0.2, 0) is 0 Å². The van der Waals surface area contributed by atoms with Gasteiger partial charge in [0.2, 0.25) is 0 Å². The van der Waals surface area contributed by atoms with Crippen molar-refractivity contribution in [2.24, 2.45) is 0 Å². The summed E-state index contributed by atoms with van der Waals surface area (Å²) in [5, 5.41) is 16.9. The van der Waals surface area contributed by atoms with Gasteiger partial charge in [0.15, 0.2) is 0 Å². The van der Waals surface area contributed by atoms with E-state index in [0.29, 0.717) is 0 Å². The molecule has 0 aromatic heterocycles. The van der Waals surface area contributed by atoms with Gasteiger partial charge in [-0.1, -0.05) is 39.0 Å². The predicted molar refractivity (Wildman–Crippen MR) is 73.3 cm³/mol. The molecule has 3 nitrogen and oxygen atoms in total. The van der Waals surface area contributed by atoms with Crippen molar-refractivity contribution in [2.45, 2.75) is 63.9 Å². The second-order valence-corrected chi connectivity index (χ2v) is 5.42. The van der Waals surface area contributed by atoms with Crippen LogP contribution in [0.5, 0.6) is 0 Å². The Kier molecular flexibility index (Phi) is 7.82. The van der Waals surface area contributed by atoms with E-state index in [1.807, 2.05) is 0 Å². The van der Waals surface area contributed by atoms with Crippen molar-refractivity contribution in [1.29, 1.82) is 0 Å². The Morgan fingerprint density at radius 1 is 1.06 bits per heavy atom. The lowest BCUT2D eigenvalue weighted by atomic mass is 9.92. The van der Waals surface area contributed by atoms with Gasteiger partial charge in [-0.2, -0.15) is 0 Å².